The minimum Gasteiger partial charge on any atom is -0.456 e. The van der Waals surface area contributed by atoms with Crippen LogP contribution < -0.4 is 25.4 Å². The van der Waals surface area contributed by atoms with Gasteiger partial charge >= 0.3 is 0 Å². The summed E-state index contributed by atoms with van der Waals surface area (Å²) in [6, 6.07) is 48.7. The molecule has 1 aromatic heterocycles. The summed E-state index contributed by atoms with van der Waals surface area (Å²) >= 11 is 0. The van der Waals surface area contributed by atoms with Crippen LogP contribution in [0, 0.1) is 0 Å². The van der Waals surface area contributed by atoms with Crippen molar-refractivity contribution >= 4 is 23.1 Å². The average Bonchev–Trinajstić information content (AvgIpc) is 3.13. The van der Waals surface area contributed by atoms with Gasteiger partial charge in [0, 0.05) is 18.0 Å². The van der Waals surface area contributed by atoms with Crippen molar-refractivity contribution in [2.75, 3.05) is 0 Å². The van der Waals surface area contributed by atoms with Crippen LogP contribution in [-0.2, 0) is 4.57 Å². The Morgan fingerprint density at radius 1 is 0.435 bits per heavy atom. The number of ether oxygens (including phenoxy) is 2. The molecule has 218 valence electrons. The van der Waals surface area contributed by atoms with E-state index in [1.807, 2.05) is 103 Å². The van der Waals surface area contributed by atoms with Crippen molar-refractivity contribution in [1.82, 2.24) is 4.98 Å². The Bertz CT molecular complexity index is 2280. The smallest absolute Gasteiger partial charge is 0.185 e. The number of hydrogen-bond acceptors (Lipinski definition) is 4. The average molecular weight is 612 g/mol. The molecule has 0 fully saturated rings. The van der Waals surface area contributed by atoms with E-state index in [2.05, 4.69) is 47.4 Å². The molecular formula is C41H26NO3P. The van der Waals surface area contributed by atoms with Crippen molar-refractivity contribution in [3.05, 3.63) is 158 Å². The summed E-state index contributed by atoms with van der Waals surface area (Å²) in [5, 5.41) is 1.97. The summed E-state index contributed by atoms with van der Waals surface area (Å²) in [6.45, 7) is 0. The second-order valence-corrected chi connectivity index (χ2v) is 14.1. The van der Waals surface area contributed by atoms with E-state index in [0.717, 1.165) is 44.5 Å². The number of fused-ring (bicyclic) bond motifs is 4. The summed E-state index contributed by atoms with van der Waals surface area (Å²) in [6.07, 6.45) is 3.59. The Kier molecular flexibility index (Phi) is 6.06. The molecule has 2 aliphatic rings. The van der Waals surface area contributed by atoms with E-state index in [4.69, 9.17) is 9.47 Å². The zero-order chi connectivity index (χ0) is 30.7. The normalized spacial score (nSPS) is 15.5. The summed E-state index contributed by atoms with van der Waals surface area (Å²) in [5.74, 6) is 2.33. The van der Waals surface area contributed by atoms with Crippen LogP contribution in [0.5, 0.6) is 23.0 Å². The van der Waals surface area contributed by atoms with E-state index >= 15 is 4.57 Å². The highest BCUT2D eigenvalue weighted by molar-refractivity contribution is 7.86. The van der Waals surface area contributed by atoms with Gasteiger partial charge in [-0.05, 0) is 93.5 Å². The van der Waals surface area contributed by atoms with Gasteiger partial charge in [0.15, 0.2) is 7.14 Å². The number of nitrogens with zero attached hydrogens (tertiary/aromatic N) is 1. The first-order chi connectivity index (χ1) is 22.7. The maximum absolute atomic E-state index is 16.2. The van der Waals surface area contributed by atoms with E-state index in [-0.39, 0.29) is 0 Å². The lowest BCUT2D eigenvalue weighted by Crippen LogP contribution is -2.35. The topological polar surface area (TPSA) is 48.4 Å². The SMILES string of the molecule is O=P12c3cc(-c4ccccc4)ccc3Oc3ccc(-c4cccc(-c5ccncc5)c4)c(c31)Oc1ccc(-c3ccccc3)cc12. The lowest BCUT2D eigenvalue weighted by Gasteiger charge is -2.36. The van der Waals surface area contributed by atoms with Crippen molar-refractivity contribution in [1.29, 1.82) is 0 Å². The highest BCUT2D eigenvalue weighted by Crippen LogP contribution is 2.60. The Labute approximate surface area is 266 Å². The van der Waals surface area contributed by atoms with Crippen LogP contribution >= 0.6 is 7.14 Å². The molecule has 2 aliphatic heterocycles. The predicted octanol–water partition coefficient (Wildman–Crippen LogP) is 9.60. The Morgan fingerprint density at radius 2 is 0.957 bits per heavy atom. The largest absolute Gasteiger partial charge is 0.456 e. The molecule has 1 atom stereocenters. The van der Waals surface area contributed by atoms with Crippen molar-refractivity contribution in [2.24, 2.45) is 0 Å². The highest BCUT2D eigenvalue weighted by Gasteiger charge is 2.47. The summed E-state index contributed by atoms with van der Waals surface area (Å²) in [5.41, 5.74) is 8.02. The van der Waals surface area contributed by atoms with Crippen molar-refractivity contribution < 1.29 is 14.0 Å². The second-order valence-electron chi connectivity index (χ2n) is 11.5. The van der Waals surface area contributed by atoms with Gasteiger partial charge in [0.05, 0.1) is 10.6 Å². The summed E-state index contributed by atoms with van der Waals surface area (Å²) in [4.78, 5) is 4.18. The zero-order valence-corrected chi connectivity index (χ0v) is 25.5. The molecule has 0 saturated heterocycles. The number of pyridine rings is 1. The molecule has 0 N–H and O–H groups in total. The third kappa shape index (κ3) is 4.15. The molecular weight excluding hydrogens is 585 g/mol. The van der Waals surface area contributed by atoms with Crippen molar-refractivity contribution in [3.63, 3.8) is 0 Å². The molecule has 9 rings (SSSR count). The first kappa shape index (κ1) is 26.7. The van der Waals surface area contributed by atoms with Crippen LogP contribution in [0.3, 0.4) is 0 Å². The molecule has 0 radical (unpaired) electrons. The van der Waals surface area contributed by atoms with E-state index < -0.39 is 7.14 Å². The molecule has 0 spiro atoms. The van der Waals surface area contributed by atoms with Crippen LogP contribution in [0.2, 0.25) is 0 Å². The Morgan fingerprint density at radius 3 is 1.61 bits per heavy atom. The molecule has 0 amide bonds. The number of aromatic nitrogens is 1. The molecule has 3 heterocycles. The molecule has 6 aromatic carbocycles. The molecule has 5 heteroatoms. The molecule has 46 heavy (non-hydrogen) atoms. The first-order valence-electron chi connectivity index (χ1n) is 15.2. The fourth-order valence-corrected chi connectivity index (χ4v) is 9.72. The minimum atomic E-state index is -3.49. The van der Waals surface area contributed by atoms with Crippen molar-refractivity contribution in [2.45, 2.75) is 0 Å². The third-order valence-electron chi connectivity index (χ3n) is 8.84. The monoisotopic (exact) mass is 611 g/mol. The molecule has 7 aromatic rings. The zero-order valence-electron chi connectivity index (χ0n) is 24.6. The van der Waals surface area contributed by atoms with Gasteiger partial charge in [-0.15, -0.1) is 0 Å². The number of benzene rings is 6. The van der Waals surface area contributed by atoms with Gasteiger partial charge in [0.1, 0.15) is 28.3 Å². The van der Waals surface area contributed by atoms with Crippen LogP contribution in [0.1, 0.15) is 0 Å². The van der Waals surface area contributed by atoms with Gasteiger partial charge in [0.2, 0.25) is 0 Å². The molecule has 4 nitrogen and oxygen atoms in total. The van der Waals surface area contributed by atoms with Gasteiger partial charge in [-0.2, -0.15) is 0 Å². The lowest BCUT2D eigenvalue weighted by atomic mass is 9.98. The van der Waals surface area contributed by atoms with Crippen LogP contribution in [-0.4, -0.2) is 4.98 Å². The summed E-state index contributed by atoms with van der Waals surface area (Å²) in [7, 11) is -3.49. The van der Waals surface area contributed by atoms with Crippen LogP contribution in [0.15, 0.2) is 158 Å². The fourth-order valence-electron chi connectivity index (χ4n) is 6.59. The maximum Gasteiger partial charge on any atom is 0.185 e. The lowest BCUT2D eigenvalue weighted by molar-refractivity contribution is 0.463. The molecule has 1 unspecified atom stereocenters. The first-order valence-corrected chi connectivity index (χ1v) is 16.9. The molecule has 0 saturated carbocycles. The van der Waals surface area contributed by atoms with Crippen LogP contribution in [0.25, 0.3) is 44.5 Å². The number of hydrogen-bond donors (Lipinski definition) is 0. The third-order valence-corrected chi connectivity index (χ3v) is 11.9. The quantitative estimate of drug-likeness (QED) is 0.186. The predicted molar refractivity (Wildman–Crippen MR) is 186 cm³/mol. The van der Waals surface area contributed by atoms with E-state index in [1.165, 1.54) is 0 Å². The Hall–Kier alpha value is -5.70. The van der Waals surface area contributed by atoms with E-state index in [0.29, 0.717) is 38.9 Å². The standard InChI is InChI=1S/C41H26NO3P/c43-46-38-25-31(27-8-3-1-4-9-27)14-17-35(38)44-37-19-16-34(33-13-7-12-30(24-33)29-20-22-42-23-21-29)40(41(37)46)45-36-18-15-32(26-39(36)46)28-10-5-2-6-11-28/h1-26H. The van der Waals surface area contributed by atoms with E-state index in [9.17, 15) is 0 Å². The van der Waals surface area contributed by atoms with Gasteiger partial charge in [-0.1, -0.05) is 91.0 Å². The maximum atomic E-state index is 16.2. The van der Waals surface area contributed by atoms with Gasteiger partial charge in [-0.25, -0.2) is 0 Å². The van der Waals surface area contributed by atoms with Gasteiger partial charge < -0.3 is 14.0 Å². The van der Waals surface area contributed by atoms with Crippen LogP contribution in [0.4, 0.5) is 0 Å². The minimum absolute atomic E-state index is 0.558. The Balaban J connectivity index is 1.30. The number of rotatable bonds is 4. The summed E-state index contributed by atoms with van der Waals surface area (Å²) < 4.78 is 29.5. The fraction of sp³-hybridized carbons (Fsp3) is 0. The second kappa shape index (κ2) is 10.4. The molecule has 0 aliphatic carbocycles. The van der Waals surface area contributed by atoms with Crippen molar-refractivity contribution in [3.8, 4) is 67.5 Å². The molecule has 0 bridgehead atoms. The highest BCUT2D eigenvalue weighted by atomic mass is 31.2. The van der Waals surface area contributed by atoms with E-state index in [1.54, 1.807) is 12.4 Å². The van der Waals surface area contributed by atoms with Gasteiger partial charge in [0.25, 0.3) is 0 Å². The van der Waals surface area contributed by atoms with Gasteiger partial charge in [-0.3, -0.25) is 4.98 Å².